The molecule has 0 saturated heterocycles. The molecule has 0 amide bonds. The van der Waals surface area contributed by atoms with Crippen LogP contribution < -0.4 is 0 Å². The number of aliphatic imine (C=N–C) groups is 1. The van der Waals surface area contributed by atoms with Crippen molar-refractivity contribution in [2.75, 3.05) is 0 Å². The van der Waals surface area contributed by atoms with Crippen molar-refractivity contribution in [1.82, 2.24) is 10.1 Å². The standard InChI is InChI=1S/C15H8FN3OS/c16-12-5-1-11(2-6-12)15-18-14(19-20-15)10-3-7-13(8-4-10)17-9-21/h1-8H. The van der Waals surface area contributed by atoms with Crippen molar-refractivity contribution in [3.63, 3.8) is 0 Å². The lowest BCUT2D eigenvalue weighted by atomic mass is 10.2. The Kier molecular flexibility index (Phi) is 3.64. The quantitative estimate of drug-likeness (QED) is 0.535. The minimum atomic E-state index is -0.312. The van der Waals surface area contributed by atoms with Crippen molar-refractivity contribution >= 4 is 23.1 Å². The molecule has 21 heavy (non-hydrogen) atoms. The van der Waals surface area contributed by atoms with Crippen molar-refractivity contribution in [2.24, 2.45) is 4.99 Å². The van der Waals surface area contributed by atoms with Gasteiger partial charge in [-0.1, -0.05) is 5.16 Å². The molecule has 0 N–H and O–H groups in total. The molecule has 0 aliphatic rings. The summed E-state index contributed by atoms with van der Waals surface area (Å²) in [5, 5.41) is 6.22. The number of hydrogen-bond donors (Lipinski definition) is 0. The van der Waals surface area contributed by atoms with Crippen LogP contribution in [-0.2, 0) is 0 Å². The van der Waals surface area contributed by atoms with Gasteiger partial charge in [0, 0.05) is 11.1 Å². The predicted octanol–water partition coefficient (Wildman–Crippen LogP) is 4.28. The maximum Gasteiger partial charge on any atom is 0.258 e. The van der Waals surface area contributed by atoms with Crippen LogP contribution >= 0.6 is 12.2 Å². The zero-order valence-electron chi connectivity index (χ0n) is 10.7. The Morgan fingerprint density at radius 2 is 1.67 bits per heavy atom. The van der Waals surface area contributed by atoms with E-state index < -0.39 is 0 Å². The molecular weight excluding hydrogens is 289 g/mol. The van der Waals surface area contributed by atoms with Crippen LogP contribution in [-0.4, -0.2) is 15.3 Å². The number of nitrogens with zero attached hydrogens (tertiary/aromatic N) is 3. The van der Waals surface area contributed by atoms with E-state index in [4.69, 9.17) is 4.52 Å². The Hall–Kier alpha value is -2.69. The fourth-order valence-electron chi connectivity index (χ4n) is 1.79. The van der Waals surface area contributed by atoms with Gasteiger partial charge in [0.05, 0.1) is 10.8 Å². The number of isothiocyanates is 1. The van der Waals surface area contributed by atoms with Crippen molar-refractivity contribution in [3.05, 3.63) is 54.3 Å². The SMILES string of the molecule is Fc1ccc(-c2nc(-c3ccc(N=C=S)cc3)no2)cc1. The molecule has 3 aromatic rings. The van der Waals surface area contributed by atoms with Gasteiger partial charge in [0.2, 0.25) is 5.82 Å². The summed E-state index contributed by atoms with van der Waals surface area (Å²) < 4.78 is 18.1. The van der Waals surface area contributed by atoms with Crippen LogP contribution in [0.15, 0.2) is 58.0 Å². The molecule has 102 valence electrons. The van der Waals surface area contributed by atoms with Gasteiger partial charge in [-0.25, -0.2) is 4.39 Å². The zero-order chi connectivity index (χ0) is 14.7. The third kappa shape index (κ3) is 2.91. The second-order valence-corrected chi connectivity index (χ2v) is 4.36. The van der Waals surface area contributed by atoms with E-state index in [1.165, 1.54) is 12.1 Å². The molecule has 0 radical (unpaired) electrons. The molecule has 0 bridgehead atoms. The van der Waals surface area contributed by atoms with E-state index in [0.29, 0.717) is 23.0 Å². The summed E-state index contributed by atoms with van der Waals surface area (Å²) in [5.74, 6) is 0.478. The molecule has 0 aliphatic heterocycles. The lowest BCUT2D eigenvalue weighted by molar-refractivity contribution is 0.432. The number of rotatable bonds is 3. The molecule has 0 atom stereocenters. The van der Waals surface area contributed by atoms with Gasteiger partial charge in [-0.2, -0.15) is 9.98 Å². The van der Waals surface area contributed by atoms with Gasteiger partial charge >= 0.3 is 0 Å². The molecule has 3 rings (SSSR count). The van der Waals surface area contributed by atoms with E-state index in [9.17, 15) is 4.39 Å². The minimum absolute atomic E-state index is 0.312. The van der Waals surface area contributed by atoms with E-state index in [-0.39, 0.29) is 5.82 Å². The van der Waals surface area contributed by atoms with Crippen LogP contribution in [0, 0.1) is 5.82 Å². The maximum absolute atomic E-state index is 12.9. The number of hydrogen-bond acceptors (Lipinski definition) is 5. The summed E-state index contributed by atoms with van der Waals surface area (Å²) >= 11 is 4.54. The zero-order valence-corrected chi connectivity index (χ0v) is 11.5. The van der Waals surface area contributed by atoms with E-state index in [0.717, 1.165) is 5.56 Å². The number of thiocarbonyl (C=S) groups is 1. The number of aromatic nitrogens is 2. The van der Waals surface area contributed by atoms with E-state index in [1.807, 2.05) is 12.1 Å². The van der Waals surface area contributed by atoms with Gasteiger partial charge in [0.25, 0.3) is 5.89 Å². The van der Waals surface area contributed by atoms with E-state index in [2.05, 4.69) is 32.5 Å². The average molecular weight is 297 g/mol. The minimum Gasteiger partial charge on any atom is -0.334 e. The summed E-state index contributed by atoms with van der Waals surface area (Å²) in [4.78, 5) is 8.16. The largest absolute Gasteiger partial charge is 0.334 e. The predicted molar refractivity (Wildman–Crippen MR) is 79.8 cm³/mol. The molecule has 6 heteroatoms. The van der Waals surface area contributed by atoms with Crippen LogP contribution in [0.25, 0.3) is 22.8 Å². The summed E-state index contributed by atoms with van der Waals surface area (Å²) in [6.07, 6.45) is 0. The molecule has 0 unspecified atom stereocenters. The first-order chi connectivity index (χ1) is 10.3. The van der Waals surface area contributed by atoms with Crippen LogP contribution in [0.2, 0.25) is 0 Å². The number of halogens is 1. The molecule has 1 aromatic heterocycles. The van der Waals surface area contributed by atoms with Gasteiger partial charge in [-0.3, -0.25) is 0 Å². The van der Waals surface area contributed by atoms with Gasteiger partial charge in [-0.15, -0.1) is 0 Å². The van der Waals surface area contributed by atoms with E-state index in [1.54, 1.807) is 24.3 Å². The summed E-state index contributed by atoms with van der Waals surface area (Å²) in [7, 11) is 0. The first-order valence-electron chi connectivity index (χ1n) is 6.04. The highest BCUT2D eigenvalue weighted by atomic mass is 32.1. The molecular formula is C15H8FN3OS. The topological polar surface area (TPSA) is 51.3 Å². The van der Waals surface area contributed by atoms with Crippen LogP contribution in [0.4, 0.5) is 10.1 Å². The summed E-state index contributed by atoms with van der Waals surface area (Å²) in [5.41, 5.74) is 2.16. The lowest BCUT2D eigenvalue weighted by Gasteiger charge is -1.94. The molecule has 0 spiro atoms. The normalized spacial score (nSPS) is 10.1. The lowest BCUT2D eigenvalue weighted by Crippen LogP contribution is -1.81. The second-order valence-electron chi connectivity index (χ2n) is 4.18. The van der Waals surface area contributed by atoms with Gasteiger partial charge < -0.3 is 4.52 Å². The van der Waals surface area contributed by atoms with Crippen molar-refractivity contribution in [2.45, 2.75) is 0 Å². The van der Waals surface area contributed by atoms with Crippen LogP contribution in [0.1, 0.15) is 0 Å². The second kappa shape index (κ2) is 5.75. The van der Waals surface area contributed by atoms with Crippen molar-refractivity contribution < 1.29 is 8.91 Å². The summed E-state index contributed by atoms with van der Waals surface area (Å²) in [6.45, 7) is 0. The smallest absolute Gasteiger partial charge is 0.258 e. The molecule has 1 heterocycles. The third-order valence-electron chi connectivity index (χ3n) is 2.82. The van der Waals surface area contributed by atoms with Crippen LogP contribution in [0.5, 0.6) is 0 Å². The molecule has 4 nitrogen and oxygen atoms in total. The van der Waals surface area contributed by atoms with Gasteiger partial charge in [0.1, 0.15) is 5.82 Å². The van der Waals surface area contributed by atoms with Gasteiger partial charge in [0.15, 0.2) is 0 Å². The Labute approximate surface area is 125 Å². The highest BCUT2D eigenvalue weighted by Crippen LogP contribution is 2.24. The maximum atomic E-state index is 12.9. The van der Waals surface area contributed by atoms with E-state index >= 15 is 0 Å². The van der Waals surface area contributed by atoms with Crippen molar-refractivity contribution in [3.8, 4) is 22.8 Å². The number of benzene rings is 2. The highest BCUT2D eigenvalue weighted by molar-refractivity contribution is 7.78. The highest BCUT2D eigenvalue weighted by Gasteiger charge is 2.10. The molecule has 2 aromatic carbocycles. The fourth-order valence-corrected chi connectivity index (χ4v) is 1.89. The Balaban J connectivity index is 1.90. The van der Waals surface area contributed by atoms with Crippen LogP contribution in [0.3, 0.4) is 0 Å². The first kappa shape index (κ1) is 13.3. The van der Waals surface area contributed by atoms with Crippen molar-refractivity contribution in [1.29, 1.82) is 0 Å². The first-order valence-corrected chi connectivity index (χ1v) is 6.45. The Morgan fingerprint density at radius 3 is 2.33 bits per heavy atom. The average Bonchev–Trinajstić information content (AvgIpc) is 2.99. The molecule has 0 fully saturated rings. The molecule has 0 saturated carbocycles. The Bertz CT molecular complexity index is 806. The monoisotopic (exact) mass is 297 g/mol. The molecule has 0 aliphatic carbocycles. The third-order valence-corrected chi connectivity index (χ3v) is 2.91. The summed E-state index contributed by atoms with van der Waals surface area (Å²) in [6, 6.07) is 13.0. The van der Waals surface area contributed by atoms with Gasteiger partial charge in [-0.05, 0) is 60.7 Å². The Morgan fingerprint density at radius 1 is 1.00 bits per heavy atom. The fraction of sp³-hybridized carbons (Fsp3) is 0.